The second-order valence-electron chi connectivity index (χ2n) is 4.43. The summed E-state index contributed by atoms with van der Waals surface area (Å²) in [4.78, 5) is 29.1. The lowest BCUT2D eigenvalue weighted by Gasteiger charge is -2.27. The van der Waals surface area contributed by atoms with Gasteiger partial charge in [0.15, 0.2) is 0 Å². The molecule has 1 aliphatic heterocycles. The molecule has 0 saturated carbocycles. The molecule has 0 aliphatic carbocycles. The van der Waals surface area contributed by atoms with Crippen LogP contribution in [0, 0.1) is 6.92 Å². The second kappa shape index (κ2) is 5.77. The van der Waals surface area contributed by atoms with Crippen LogP contribution in [-0.2, 0) is 11.3 Å². The summed E-state index contributed by atoms with van der Waals surface area (Å²) in [5.41, 5.74) is 0.410. The zero-order chi connectivity index (χ0) is 13.0. The number of amides is 1. The first-order chi connectivity index (χ1) is 8.66. The number of aryl methyl sites for hydroxylation is 2. The van der Waals surface area contributed by atoms with E-state index in [1.54, 1.807) is 19.2 Å². The van der Waals surface area contributed by atoms with Crippen LogP contribution in [0.15, 0.2) is 17.1 Å². The molecule has 0 bridgehead atoms. The minimum atomic E-state index is -0.289. The Kier molecular flexibility index (Phi) is 4.09. The van der Waals surface area contributed by atoms with Gasteiger partial charge in [0.25, 0.3) is 0 Å². The number of nitrogens with one attached hydrogen (secondary N) is 1. The minimum Gasteiger partial charge on any atom is -0.340 e. The largest absolute Gasteiger partial charge is 0.347 e. The molecule has 98 valence electrons. The van der Waals surface area contributed by atoms with Gasteiger partial charge in [-0.2, -0.15) is 4.98 Å². The van der Waals surface area contributed by atoms with E-state index in [2.05, 4.69) is 10.3 Å². The van der Waals surface area contributed by atoms with Gasteiger partial charge in [-0.3, -0.25) is 9.36 Å². The fourth-order valence-electron chi connectivity index (χ4n) is 1.97. The lowest BCUT2D eigenvalue weighted by molar-refractivity contribution is -0.132. The molecule has 0 atom stereocenters. The molecule has 0 aromatic carbocycles. The van der Waals surface area contributed by atoms with Crippen LogP contribution in [0.1, 0.15) is 12.1 Å². The minimum absolute atomic E-state index is 0.101. The molecule has 1 aromatic heterocycles. The summed E-state index contributed by atoms with van der Waals surface area (Å²) < 4.78 is 1.48. The van der Waals surface area contributed by atoms with Crippen LogP contribution in [-0.4, -0.2) is 46.5 Å². The van der Waals surface area contributed by atoms with Gasteiger partial charge in [-0.05, 0) is 13.0 Å². The molecule has 1 N–H and O–H groups in total. The van der Waals surface area contributed by atoms with Crippen LogP contribution < -0.4 is 11.0 Å². The second-order valence-corrected chi connectivity index (χ2v) is 4.43. The van der Waals surface area contributed by atoms with Crippen LogP contribution >= 0.6 is 0 Å². The fourth-order valence-corrected chi connectivity index (χ4v) is 1.97. The van der Waals surface area contributed by atoms with Gasteiger partial charge in [0.05, 0.1) is 0 Å². The highest BCUT2D eigenvalue weighted by Crippen LogP contribution is 1.98. The number of aromatic nitrogens is 2. The summed E-state index contributed by atoms with van der Waals surface area (Å²) >= 11 is 0. The van der Waals surface area contributed by atoms with Crippen molar-refractivity contribution in [1.29, 1.82) is 0 Å². The highest BCUT2D eigenvalue weighted by molar-refractivity contribution is 5.76. The number of piperazine rings is 1. The average molecular weight is 250 g/mol. The SMILES string of the molecule is Cc1ccn(CCC(=O)N2CCNCC2)c(=O)n1. The van der Waals surface area contributed by atoms with E-state index in [-0.39, 0.29) is 11.6 Å². The molecule has 1 fully saturated rings. The van der Waals surface area contributed by atoms with Gasteiger partial charge in [-0.15, -0.1) is 0 Å². The van der Waals surface area contributed by atoms with Gasteiger partial charge in [0.1, 0.15) is 0 Å². The lowest BCUT2D eigenvalue weighted by Crippen LogP contribution is -2.46. The quantitative estimate of drug-likeness (QED) is 0.776. The van der Waals surface area contributed by atoms with E-state index < -0.39 is 0 Å². The van der Waals surface area contributed by atoms with E-state index in [4.69, 9.17) is 0 Å². The molecule has 1 aromatic rings. The maximum atomic E-state index is 11.9. The zero-order valence-electron chi connectivity index (χ0n) is 10.6. The first kappa shape index (κ1) is 12.8. The molecule has 1 aliphatic rings. The predicted octanol–water partition coefficient (Wildman–Crippen LogP) is -0.626. The molecule has 6 heteroatoms. The molecule has 0 spiro atoms. The molecule has 2 heterocycles. The van der Waals surface area contributed by atoms with E-state index in [9.17, 15) is 9.59 Å². The van der Waals surface area contributed by atoms with Gasteiger partial charge in [-0.25, -0.2) is 4.79 Å². The Hall–Kier alpha value is -1.69. The van der Waals surface area contributed by atoms with Crippen molar-refractivity contribution in [2.45, 2.75) is 19.9 Å². The van der Waals surface area contributed by atoms with Crippen LogP contribution in [0.4, 0.5) is 0 Å². The molecule has 6 nitrogen and oxygen atoms in total. The molecule has 18 heavy (non-hydrogen) atoms. The summed E-state index contributed by atoms with van der Waals surface area (Å²) in [5.74, 6) is 0.101. The number of hydrogen-bond acceptors (Lipinski definition) is 4. The van der Waals surface area contributed by atoms with Crippen molar-refractivity contribution in [3.05, 3.63) is 28.4 Å². The van der Waals surface area contributed by atoms with Crippen LogP contribution in [0.25, 0.3) is 0 Å². The summed E-state index contributed by atoms with van der Waals surface area (Å²) in [7, 11) is 0. The van der Waals surface area contributed by atoms with E-state index in [0.29, 0.717) is 18.7 Å². The molecule has 1 saturated heterocycles. The van der Waals surface area contributed by atoms with Gasteiger partial charge >= 0.3 is 5.69 Å². The fraction of sp³-hybridized carbons (Fsp3) is 0.583. The highest BCUT2D eigenvalue weighted by Gasteiger charge is 2.15. The van der Waals surface area contributed by atoms with Crippen LogP contribution in [0.5, 0.6) is 0 Å². The van der Waals surface area contributed by atoms with E-state index >= 15 is 0 Å². The van der Waals surface area contributed by atoms with Crippen LogP contribution in [0.3, 0.4) is 0 Å². The van der Waals surface area contributed by atoms with E-state index in [1.807, 2.05) is 4.90 Å². The molecular formula is C12H18N4O2. The maximum absolute atomic E-state index is 11.9. The number of nitrogens with zero attached hydrogens (tertiary/aromatic N) is 3. The van der Waals surface area contributed by atoms with Crippen molar-refractivity contribution in [2.75, 3.05) is 26.2 Å². The predicted molar refractivity (Wildman–Crippen MR) is 67.3 cm³/mol. The van der Waals surface area contributed by atoms with Crippen molar-refractivity contribution < 1.29 is 4.79 Å². The smallest absolute Gasteiger partial charge is 0.340 e. The van der Waals surface area contributed by atoms with Crippen molar-refractivity contribution >= 4 is 5.91 Å². The van der Waals surface area contributed by atoms with Crippen molar-refractivity contribution in [3.63, 3.8) is 0 Å². The lowest BCUT2D eigenvalue weighted by atomic mass is 10.3. The first-order valence-electron chi connectivity index (χ1n) is 6.19. The number of carbonyl (C=O) groups is 1. The topological polar surface area (TPSA) is 67.2 Å². The first-order valence-corrected chi connectivity index (χ1v) is 6.19. The molecular weight excluding hydrogens is 232 g/mol. The monoisotopic (exact) mass is 250 g/mol. The molecule has 2 rings (SSSR count). The summed E-state index contributed by atoms with van der Waals surface area (Å²) in [5, 5.41) is 3.20. The Labute approximate surface area is 106 Å². The molecule has 1 amide bonds. The summed E-state index contributed by atoms with van der Waals surface area (Å²) in [6.45, 7) is 5.36. The van der Waals surface area contributed by atoms with Gasteiger partial charge in [0, 0.05) is 51.0 Å². The van der Waals surface area contributed by atoms with E-state index in [0.717, 1.165) is 26.2 Å². The van der Waals surface area contributed by atoms with Gasteiger partial charge < -0.3 is 10.2 Å². The number of carbonyl (C=O) groups excluding carboxylic acids is 1. The summed E-state index contributed by atoms with van der Waals surface area (Å²) in [6, 6.07) is 1.77. The number of hydrogen-bond donors (Lipinski definition) is 1. The third-order valence-corrected chi connectivity index (χ3v) is 3.05. The Morgan fingerprint density at radius 1 is 1.44 bits per heavy atom. The highest BCUT2D eigenvalue weighted by atomic mass is 16.2. The normalized spacial score (nSPS) is 15.7. The van der Waals surface area contributed by atoms with Crippen molar-refractivity contribution in [1.82, 2.24) is 19.8 Å². The summed E-state index contributed by atoms with van der Waals surface area (Å²) in [6.07, 6.45) is 2.04. The van der Waals surface area contributed by atoms with Gasteiger partial charge in [-0.1, -0.05) is 0 Å². The Bertz CT molecular complexity index is 477. The van der Waals surface area contributed by atoms with Crippen molar-refractivity contribution in [3.8, 4) is 0 Å². The Balaban J connectivity index is 1.90. The van der Waals surface area contributed by atoms with Crippen molar-refractivity contribution in [2.24, 2.45) is 0 Å². The third-order valence-electron chi connectivity index (χ3n) is 3.05. The third kappa shape index (κ3) is 3.16. The van der Waals surface area contributed by atoms with Gasteiger partial charge in [0.2, 0.25) is 5.91 Å². The number of rotatable bonds is 3. The Morgan fingerprint density at radius 3 is 2.83 bits per heavy atom. The van der Waals surface area contributed by atoms with E-state index in [1.165, 1.54) is 4.57 Å². The molecule has 0 unspecified atom stereocenters. The average Bonchev–Trinajstić information content (AvgIpc) is 2.38. The molecule has 0 radical (unpaired) electrons. The maximum Gasteiger partial charge on any atom is 0.347 e. The standard InChI is InChI=1S/C12H18N4O2/c1-10-2-6-16(12(18)14-10)7-3-11(17)15-8-4-13-5-9-15/h2,6,13H,3-5,7-9H2,1H3. The zero-order valence-corrected chi connectivity index (χ0v) is 10.6. The van der Waals surface area contributed by atoms with Crippen LogP contribution in [0.2, 0.25) is 0 Å². The Morgan fingerprint density at radius 2 is 2.17 bits per heavy atom.